The van der Waals surface area contributed by atoms with E-state index in [1.54, 1.807) is 36.4 Å². The van der Waals surface area contributed by atoms with Crippen molar-refractivity contribution in [2.45, 2.75) is 19.9 Å². The van der Waals surface area contributed by atoms with E-state index in [4.69, 9.17) is 18.9 Å². The normalized spacial score (nSPS) is 16.4. The van der Waals surface area contributed by atoms with Crippen LogP contribution in [0.3, 0.4) is 0 Å². The minimum absolute atomic E-state index is 0.0844. The largest absolute Gasteiger partial charge is 0.507 e. The number of nitrogens with zero attached hydrogens (tertiary/aromatic N) is 2. The van der Waals surface area contributed by atoms with Gasteiger partial charge in [0.05, 0.1) is 49.8 Å². The molecule has 2 heterocycles. The summed E-state index contributed by atoms with van der Waals surface area (Å²) in [6.07, 6.45) is 0. The quantitative estimate of drug-likeness (QED) is 0.167. The third kappa shape index (κ3) is 4.60. The standard InChI is InChI=1S/C30H28N2O7S/c1-6-39-19-10-8-17(9-11-19)26(33)24-25(18-14-21(36-3)28(38-5)22(15-18)37-4)32(29(35)27(24)34)30-31-20-12-7-16(2)13-23(20)40-30/h7-15,25,33H,6H2,1-5H3/b26-24+/t25-/m1/s1. The Morgan fingerprint density at radius 2 is 1.65 bits per heavy atom. The van der Waals surface area contributed by atoms with Gasteiger partial charge in [-0.2, -0.15) is 0 Å². The Labute approximate surface area is 235 Å². The molecule has 0 bridgehead atoms. The summed E-state index contributed by atoms with van der Waals surface area (Å²) >= 11 is 1.29. The number of thiazole rings is 1. The lowest BCUT2D eigenvalue weighted by Gasteiger charge is -2.24. The highest BCUT2D eigenvalue weighted by Gasteiger charge is 2.48. The minimum atomic E-state index is -1.03. The average Bonchev–Trinajstić information content (AvgIpc) is 3.49. The van der Waals surface area contributed by atoms with Crippen LogP contribution in [0.15, 0.2) is 60.2 Å². The highest BCUT2D eigenvalue weighted by Crippen LogP contribution is 2.48. The smallest absolute Gasteiger partial charge is 0.301 e. The maximum absolute atomic E-state index is 13.6. The van der Waals surface area contributed by atoms with Gasteiger partial charge in [0.1, 0.15) is 11.5 Å². The number of anilines is 1. The van der Waals surface area contributed by atoms with Crippen molar-refractivity contribution in [1.82, 2.24) is 4.98 Å². The van der Waals surface area contributed by atoms with Crippen molar-refractivity contribution in [3.63, 3.8) is 0 Å². The number of methoxy groups -OCH3 is 3. The molecule has 0 saturated carbocycles. The molecule has 1 atom stereocenters. The van der Waals surface area contributed by atoms with Crippen LogP contribution in [0.4, 0.5) is 5.13 Å². The van der Waals surface area contributed by atoms with E-state index in [2.05, 4.69) is 4.98 Å². The summed E-state index contributed by atoms with van der Waals surface area (Å²) in [7, 11) is 4.45. The van der Waals surface area contributed by atoms with Crippen molar-refractivity contribution in [1.29, 1.82) is 0 Å². The number of aliphatic hydroxyl groups excluding tert-OH is 1. The first-order valence-corrected chi connectivity index (χ1v) is 13.3. The van der Waals surface area contributed by atoms with E-state index in [1.165, 1.54) is 37.6 Å². The van der Waals surface area contributed by atoms with Gasteiger partial charge < -0.3 is 24.1 Å². The number of hydrogen-bond acceptors (Lipinski definition) is 9. The van der Waals surface area contributed by atoms with Gasteiger partial charge in [-0.1, -0.05) is 17.4 Å². The fourth-order valence-electron chi connectivity index (χ4n) is 4.76. The van der Waals surface area contributed by atoms with Crippen molar-refractivity contribution < 1.29 is 33.6 Å². The Hall–Kier alpha value is -4.57. The van der Waals surface area contributed by atoms with Crippen LogP contribution in [0.2, 0.25) is 0 Å². The second kappa shape index (κ2) is 10.9. The Kier molecular flexibility index (Phi) is 7.36. The summed E-state index contributed by atoms with van der Waals surface area (Å²) < 4.78 is 23.0. The SMILES string of the molecule is CCOc1ccc(/C(O)=C2\C(=O)C(=O)N(c3nc4ccc(C)cc4s3)[C@@H]2c2cc(OC)c(OC)c(OC)c2)cc1. The molecule has 1 saturated heterocycles. The van der Waals surface area contributed by atoms with Crippen LogP contribution in [0.1, 0.15) is 29.7 Å². The second-order valence-corrected chi connectivity index (χ2v) is 10.1. The zero-order valence-corrected chi connectivity index (χ0v) is 23.5. The van der Waals surface area contributed by atoms with Crippen LogP contribution < -0.4 is 23.8 Å². The lowest BCUT2D eigenvalue weighted by molar-refractivity contribution is -0.132. The first kappa shape index (κ1) is 27.0. The van der Waals surface area contributed by atoms with Crippen LogP contribution >= 0.6 is 11.3 Å². The highest BCUT2D eigenvalue weighted by atomic mass is 32.1. The molecule has 1 N–H and O–H groups in total. The molecule has 1 fully saturated rings. The van der Waals surface area contributed by atoms with E-state index in [9.17, 15) is 14.7 Å². The van der Waals surface area contributed by atoms with Gasteiger partial charge in [-0.05, 0) is 73.5 Å². The number of carbonyl (C=O) groups excluding carboxylic acids is 2. The molecular weight excluding hydrogens is 532 g/mol. The Morgan fingerprint density at radius 3 is 2.25 bits per heavy atom. The molecule has 4 aromatic rings. The van der Waals surface area contributed by atoms with E-state index >= 15 is 0 Å². The van der Waals surface area contributed by atoms with Gasteiger partial charge in [0.25, 0.3) is 5.78 Å². The van der Waals surface area contributed by atoms with Crippen molar-refractivity contribution in [2.75, 3.05) is 32.8 Å². The summed E-state index contributed by atoms with van der Waals surface area (Å²) in [6.45, 7) is 4.33. The predicted molar refractivity (Wildman–Crippen MR) is 153 cm³/mol. The second-order valence-electron chi connectivity index (χ2n) is 9.05. The van der Waals surface area contributed by atoms with E-state index in [0.29, 0.717) is 51.4 Å². The monoisotopic (exact) mass is 560 g/mol. The van der Waals surface area contributed by atoms with E-state index in [0.717, 1.165) is 10.3 Å². The molecule has 0 unspecified atom stereocenters. The van der Waals surface area contributed by atoms with Crippen LogP contribution in [-0.2, 0) is 9.59 Å². The number of amides is 1. The maximum atomic E-state index is 13.6. The molecule has 0 radical (unpaired) electrons. The summed E-state index contributed by atoms with van der Waals surface area (Å²) in [5, 5.41) is 11.8. The number of Topliss-reactive ketones (excluding diaryl/α,β-unsaturated/α-hetero) is 1. The lowest BCUT2D eigenvalue weighted by Crippen LogP contribution is -2.29. The number of benzene rings is 3. The van der Waals surface area contributed by atoms with Gasteiger partial charge in [-0.15, -0.1) is 0 Å². The van der Waals surface area contributed by atoms with Crippen LogP contribution in [0.5, 0.6) is 23.0 Å². The van der Waals surface area contributed by atoms with Crippen molar-refractivity contribution in [3.05, 3.63) is 76.9 Å². The van der Waals surface area contributed by atoms with Crippen LogP contribution in [0.25, 0.3) is 16.0 Å². The Balaban J connectivity index is 1.75. The first-order chi connectivity index (χ1) is 19.3. The van der Waals surface area contributed by atoms with Gasteiger partial charge in [-0.25, -0.2) is 4.98 Å². The molecule has 40 heavy (non-hydrogen) atoms. The van der Waals surface area contributed by atoms with E-state index in [-0.39, 0.29) is 11.3 Å². The van der Waals surface area contributed by atoms with Gasteiger partial charge in [0.2, 0.25) is 5.75 Å². The topological polar surface area (TPSA) is 107 Å². The van der Waals surface area contributed by atoms with Crippen LogP contribution in [-0.4, -0.2) is 49.7 Å². The summed E-state index contributed by atoms with van der Waals surface area (Å²) in [5.74, 6) is -0.313. The van der Waals surface area contributed by atoms with Crippen molar-refractivity contribution in [2.24, 2.45) is 0 Å². The van der Waals surface area contributed by atoms with E-state index in [1.807, 2.05) is 32.0 Å². The van der Waals surface area contributed by atoms with Gasteiger partial charge in [-0.3, -0.25) is 14.5 Å². The molecule has 0 spiro atoms. The summed E-state index contributed by atoms with van der Waals surface area (Å²) in [6, 6.07) is 14.7. The molecular formula is C30H28N2O7S. The molecule has 9 nitrogen and oxygen atoms in total. The summed E-state index contributed by atoms with van der Waals surface area (Å²) in [4.78, 5) is 33.3. The van der Waals surface area contributed by atoms with Gasteiger partial charge in [0.15, 0.2) is 16.6 Å². The number of aromatic nitrogens is 1. The van der Waals surface area contributed by atoms with Gasteiger partial charge in [0, 0.05) is 5.56 Å². The molecule has 1 aliphatic heterocycles. The fourth-order valence-corrected chi connectivity index (χ4v) is 5.85. The number of carbonyl (C=O) groups is 2. The number of ketones is 1. The minimum Gasteiger partial charge on any atom is -0.507 e. The third-order valence-corrected chi connectivity index (χ3v) is 7.64. The lowest BCUT2D eigenvalue weighted by atomic mass is 9.94. The molecule has 1 amide bonds. The zero-order valence-electron chi connectivity index (χ0n) is 22.7. The Morgan fingerprint density at radius 1 is 0.975 bits per heavy atom. The number of rotatable bonds is 8. The first-order valence-electron chi connectivity index (χ1n) is 12.5. The zero-order chi connectivity index (χ0) is 28.6. The molecule has 5 rings (SSSR count). The molecule has 10 heteroatoms. The van der Waals surface area contributed by atoms with Crippen molar-refractivity contribution >= 4 is 44.1 Å². The number of fused-ring (bicyclic) bond motifs is 1. The highest BCUT2D eigenvalue weighted by molar-refractivity contribution is 7.22. The summed E-state index contributed by atoms with van der Waals surface area (Å²) in [5.41, 5.74) is 2.48. The number of hydrogen-bond donors (Lipinski definition) is 1. The van der Waals surface area contributed by atoms with Crippen molar-refractivity contribution in [3.8, 4) is 23.0 Å². The third-order valence-electron chi connectivity index (χ3n) is 6.62. The maximum Gasteiger partial charge on any atom is 0.301 e. The number of ether oxygens (including phenoxy) is 4. The number of aryl methyl sites for hydroxylation is 1. The van der Waals surface area contributed by atoms with E-state index < -0.39 is 17.7 Å². The average molecular weight is 561 g/mol. The molecule has 1 aliphatic rings. The molecule has 0 aliphatic carbocycles. The van der Waals surface area contributed by atoms with Crippen LogP contribution in [0, 0.1) is 6.92 Å². The number of aliphatic hydroxyl groups is 1. The molecule has 3 aromatic carbocycles. The molecule has 206 valence electrons. The van der Waals surface area contributed by atoms with Gasteiger partial charge >= 0.3 is 5.91 Å². The molecule has 1 aromatic heterocycles. The Bertz CT molecular complexity index is 1620. The fraction of sp³-hybridized carbons (Fsp3) is 0.233. The predicted octanol–water partition coefficient (Wildman–Crippen LogP) is 5.66.